The number of hydrogen-bond donors (Lipinski definition) is 1. The van der Waals surface area contributed by atoms with Crippen LogP contribution in [0.25, 0.3) is 0 Å². The minimum atomic E-state index is -0.0887. The van der Waals surface area contributed by atoms with E-state index >= 15 is 0 Å². The van der Waals surface area contributed by atoms with Crippen LogP contribution in [0.5, 0.6) is 0 Å². The van der Waals surface area contributed by atoms with E-state index in [0.717, 1.165) is 32.5 Å². The minimum absolute atomic E-state index is 0.00493. The van der Waals surface area contributed by atoms with Crippen LogP contribution in [0.15, 0.2) is 24.8 Å². The fourth-order valence-corrected chi connectivity index (χ4v) is 3.94. The summed E-state index contributed by atoms with van der Waals surface area (Å²) >= 11 is 0. The van der Waals surface area contributed by atoms with Crippen molar-refractivity contribution in [2.45, 2.75) is 37.6 Å². The van der Waals surface area contributed by atoms with Crippen LogP contribution in [-0.4, -0.2) is 61.7 Å². The average Bonchev–Trinajstić information content (AvgIpc) is 3.29. The Balaban J connectivity index is 1.47. The van der Waals surface area contributed by atoms with Crippen molar-refractivity contribution in [2.24, 2.45) is 14.1 Å². The van der Waals surface area contributed by atoms with Gasteiger partial charge in [0.2, 0.25) is 0 Å². The van der Waals surface area contributed by atoms with E-state index in [1.807, 2.05) is 31.2 Å². The molecule has 2 saturated heterocycles. The molecule has 4 heterocycles. The molecule has 0 aromatic carbocycles. The highest BCUT2D eigenvalue weighted by molar-refractivity contribution is 5.93. The second-order valence-corrected chi connectivity index (χ2v) is 6.98. The van der Waals surface area contributed by atoms with Gasteiger partial charge in [0.1, 0.15) is 0 Å². The molecule has 8 nitrogen and oxygen atoms in total. The Morgan fingerprint density at radius 1 is 1.28 bits per heavy atom. The molecule has 2 aromatic rings. The van der Waals surface area contributed by atoms with E-state index in [4.69, 9.17) is 4.74 Å². The van der Waals surface area contributed by atoms with Gasteiger partial charge in [-0.2, -0.15) is 10.2 Å². The Bertz CT molecular complexity index is 754. The van der Waals surface area contributed by atoms with E-state index in [2.05, 4.69) is 20.4 Å². The van der Waals surface area contributed by atoms with E-state index < -0.39 is 0 Å². The number of nitrogens with one attached hydrogen (secondary N) is 1. The Morgan fingerprint density at radius 2 is 2.08 bits per heavy atom. The van der Waals surface area contributed by atoms with Gasteiger partial charge in [-0.1, -0.05) is 0 Å². The van der Waals surface area contributed by atoms with Crippen molar-refractivity contribution in [3.63, 3.8) is 0 Å². The molecule has 4 rings (SSSR count). The molecule has 0 saturated carbocycles. The number of nitrogens with zero attached hydrogens (tertiary/aromatic N) is 5. The van der Waals surface area contributed by atoms with Crippen molar-refractivity contribution < 1.29 is 9.53 Å². The van der Waals surface area contributed by atoms with Crippen LogP contribution in [0.3, 0.4) is 0 Å². The molecule has 2 aliphatic rings. The maximum absolute atomic E-state index is 12.5. The van der Waals surface area contributed by atoms with Gasteiger partial charge in [0.25, 0.3) is 5.91 Å². The zero-order chi connectivity index (χ0) is 17.4. The fourth-order valence-electron chi connectivity index (χ4n) is 3.94. The summed E-state index contributed by atoms with van der Waals surface area (Å²) in [6, 6.07) is 0.336. The van der Waals surface area contributed by atoms with Gasteiger partial charge in [-0.3, -0.25) is 19.1 Å². The minimum Gasteiger partial charge on any atom is -0.374 e. The molecule has 1 N–H and O–H groups in total. The Morgan fingerprint density at radius 3 is 2.80 bits per heavy atom. The summed E-state index contributed by atoms with van der Waals surface area (Å²) in [6.45, 7) is 2.38. The van der Waals surface area contributed by atoms with E-state index in [0.29, 0.717) is 11.6 Å². The molecule has 0 radical (unpaired) electrons. The van der Waals surface area contributed by atoms with Crippen LogP contribution >= 0.6 is 0 Å². The van der Waals surface area contributed by atoms with Gasteiger partial charge < -0.3 is 10.1 Å². The molecule has 1 amide bonds. The second-order valence-electron chi connectivity index (χ2n) is 6.98. The third-order valence-electron chi connectivity index (χ3n) is 5.06. The SMILES string of the molecule is Cn1cc(CN2C[C@@H](NC(=O)c3cnn(C)c3)[C@H]3OCCC[C@H]32)cn1. The molecule has 2 aliphatic heterocycles. The number of rotatable bonds is 4. The first-order chi connectivity index (χ1) is 12.1. The third kappa shape index (κ3) is 3.32. The van der Waals surface area contributed by atoms with Crippen molar-refractivity contribution in [1.82, 2.24) is 29.8 Å². The lowest BCUT2D eigenvalue weighted by atomic mass is 10.0. The molecule has 25 heavy (non-hydrogen) atoms. The average molecular weight is 344 g/mol. The second kappa shape index (κ2) is 6.61. The van der Waals surface area contributed by atoms with Crippen LogP contribution < -0.4 is 5.32 Å². The number of hydrogen-bond acceptors (Lipinski definition) is 5. The monoisotopic (exact) mass is 344 g/mol. The maximum Gasteiger partial charge on any atom is 0.254 e. The predicted octanol–water partition coefficient (Wildman–Crippen LogP) is 0.315. The van der Waals surface area contributed by atoms with Crippen LogP contribution in [0, 0.1) is 0 Å². The van der Waals surface area contributed by atoms with Gasteiger partial charge in [-0.15, -0.1) is 0 Å². The lowest BCUT2D eigenvalue weighted by Crippen LogP contribution is -2.47. The molecule has 134 valence electrons. The summed E-state index contributed by atoms with van der Waals surface area (Å²) in [4.78, 5) is 14.9. The quantitative estimate of drug-likeness (QED) is 0.864. The van der Waals surface area contributed by atoms with Crippen molar-refractivity contribution in [2.75, 3.05) is 13.2 Å². The highest BCUT2D eigenvalue weighted by Gasteiger charge is 2.44. The summed E-state index contributed by atoms with van der Waals surface area (Å²) in [5.41, 5.74) is 1.77. The molecule has 0 unspecified atom stereocenters. The smallest absolute Gasteiger partial charge is 0.254 e. The van der Waals surface area contributed by atoms with Crippen molar-refractivity contribution in [3.8, 4) is 0 Å². The lowest BCUT2D eigenvalue weighted by Gasteiger charge is -2.32. The highest BCUT2D eigenvalue weighted by Crippen LogP contribution is 2.30. The Kier molecular flexibility index (Phi) is 4.30. The Hall–Kier alpha value is -2.19. The summed E-state index contributed by atoms with van der Waals surface area (Å²) in [7, 11) is 3.74. The van der Waals surface area contributed by atoms with E-state index in [9.17, 15) is 4.79 Å². The van der Waals surface area contributed by atoms with Crippen molar-refractivity contribution in [1.29, 1.82) is 0 Å². The number of amides is 1. The first-order valence-electron chi connectivity index (χ1n) is 8.73. The van der Waals surface area contributed by atoms with Gasteiger partial charge in [-0.25, -0.2) is 0 Å². The van der Waals surface area contributed by atoms with Crippen molar-refractivity contribution in [3.05, 3.63) is 35.9 Å². The molecule has 2 fully saturated rings. The van der Waals surface area contributed by atoms with E-state index in [-0.39, 0.29) is 18.1 Å². The Labute approximate surface area is 146 Å². The van der Waals surface area contributed by atoms with Gasteiger partial charge in [0.15, 0.2) is 0 Å². The molecular weight excluding hydrogens is 320 g/mol. The van der Waals surface area contributed by atoms with Crippen molar-refractivity contribution >= 4 is 5.91 Å². The highest BCUT2D eigenvalue weighted by atomic mass is 16.5. The molecule has 2 aromatic heterocycles. The standard InChI is InChI=1S/C17H24N6O2/c1-21-8-12(6-18-21)9-23-11-14(16-15(23)4-3-5-25-16)20-17(24)13-7-19-22(2)10-13/h6-8,10,14-16H,3-5,9,11H2,1-2H3,(H,20,24)/t14-,15-,16-/m1/s1. The maximum atomic E-state index is 12.5. The number of likely N-dealkylation sites (tertiary alicyclic amines) is 1. The normalized spacial score (nSPS) is 26.6. The van der Waals surface area contributed by atoms with Crippen LogP contribution in [-0.2, 0) is 25.4 Å². The number of carbonyl (C=O) groups excluding carboxylic acids is 1. The van der Waals surface area contributed by atoms with Crippen LogP contribution in [0.2, 0.25) is 0 Å². The molecular formula is C17H24N6O2. The van der Waals surface area contributed by atoms with Crippen LogP contribution in [0.4, 0.5) is 0 Å². The zero-order valence-electron chi connectivity index (χ0n) is 14.6. The summed E-state index contributed by atoms with van der Waals surface area (Å²) in [5, 5.41) is 11.5. The van der Waals surface area contributed by atoms with Gasteiger partial charge in [-0.05, 0) is 12.8 Å². The number of aromatic nitrogens is 4. The predicted molar refractivity (Wildman–Crippen MR) is 90.8 cm³/mol. The number of aryl methyl sites for hydroxylation is 2. The molecule has 8 heteroatoms. The number of carbonyl (C=O) groups is 1. The molecule has 3 atom stereocenters. The summed E-state index contributed by atoms with van der Waals surface area (Å²) < 4.78 is 9.49. The van der Waals surface area contributed by atoms with Gasteiger partial charge >= 0.3 is 0 Å². The van der Waals surface area contributed by atoms with E-state index in [1.54, 1.807) is 17.1 Å². The molecule has 0 aliphatic carbocycles. The molecule has 0 bridgehead atoms. The number of fused-ring (bicyclic) bond motifs is 1. The third-order valence-corrected chi connectivity index (χ3v) is 5.06. The zero-order valence-corrected chi connectivity index (χ0v) is 14.6. The topological polar surface area (TPSA) is 77.2 Å². The number of ether oxygens (including phenoxy) is 1. The molecule has 0 spiro atoms. The largest absolute Gasteiger partial charge is 0.374 e. The first-order valence-corrected chi connectivity index (χ1v) is 8.73. The fraction of sp³-hybridized carbons (Fsp3) is 0.588. The summed E-state index contributed by atoms with van der Waals surface area (Å²) in [6.07, 6.45) is 9.48. The van der Waals surface area contributed by atoms with Gasteiger partial charge in [0, 0.05) is 57.8 Å². The first kappa shape index (κ1) is 16.3. The van der Waals surface area contributed by atoms with Crippen LogP contribution in [0.1, 0.15) is 28.8 Å². The summed E-state index contributed by atoms with van der Waals surface area (Å²) in [5.74, 6) is -0.0887. The van der Waals surface area contributed by atoms with E-state index in [1.165, 1.54) is 5.56 Å². The lowest BCUT2D eigenvalue weighted by molar-refractivity contribution is -0.0211. The van der Waals surface area contributed by atoms with Gasteiger partial charge in [0.05, 0.1) is 30.1 Å².